The van der Waals surface area contributed by atoms with Gasteiger partial charge in [0, 0.05) is 32.7 Å². The number of benzene rings is 2. The summed E-state index contributed by atoms with van der Waals surface area (Å²) >= 11 is 0. The average Bonchev–Trinajstić information content (AvgIpc) is 3.29. The molecule has 0 saturated carbocycles. The molecule has 3 aromatic rings. The van der Waals surface area contributed by atoms with Crippen molar-refractivity contribution in [2.45, 2.75) is 26.8 Å². The molecule has 1 saturated heterocycles. The van der Waals surface area contributed by atoms with Gasteiger partial charge in [-0.2, -0.15) is 4.68 Å². The average molecular weight is 406 g/mol. The minimum absolute atomic E-state index is 0.0366. The third kappa shape index (κ3) is 4.42. The monoisotopic (exact) mass is 405 g/mol. The maximum atomic E-state index is 12.5. The van der Waals surface area contributed by atoms with Gasteiger partial charge in [0.1, 0.15) is 0 Å². The highest BCUT2D eigenvalue weighted by Gasteiger charge is 2.24. The molecule has 2 aromatic carbocycles. The zero-order valence-electron chi connectivity index (χ0n) is 17.5. The lowest BCUT2D eigenvalue weighted by Crippen LogP contribution is -2.52. The van der Waals surface area contributed by atoms with E-state index in [2.05, 4.69) is 63.9 Å². The minimum Gasteiger partial charge on any atom is -0.336 e. The van der Waals surface area contributed by atoms with Gasteiger partial charge in [-0.1, -0.05) is 54.0 Å². The molecule has 2 heterocycles. The SMILES string of the molecule is CCc1cccc(-n2nnnc2N2CCN(C(=O)NCc3ccc(C)cc3)CC2)c1. The number of amides is 2. The first-order chi connectivity index (χ1) is 14.6. The van der Waals surface area contributed by atoms with Crippen LogP contribution in [0.4, 0.5) is 10.7 Å². The molecule has 0 atom stereocenters. The molecule has 4 rings (SSSR count). The number of carbonyl (C=O) groups excluding carboxylic acids is 1. The zero-order valence-corrected chi connectivity index (χ0v) is 17.5. The van der Waals surface area contributed by atoms with Crippen LogP contribution < -0.4 is 10.2 Å². The Bertz CT molecular complexity index is 991. The van der Waals surface area contributed by atoms with Gasteiger partial charge in [0.05, 0.1) is 5.69 Å². The van der Waals surface area contributed by atoms with Crippen LogP contribution in [-0.4, -0.2) is 57.3 Å². The summed E-state index contributed by atoms with van der Waals surface area (Å²) < 4.78 is 1.77. The van der Waals surface area contributed by atoms with Gasteiger partial charge in [0.15, 0.2) is 0 Å². The lowest BCUT2D eigenvalue weighted by Gasteiger charge is -2.34. The van der Waals surface area contributed by atoms with Crippen molar-refractivity contribution < 1.29 is 4.79 Å². The molecule has 1 N–H and O–H groups in total. The summed E-state index contributed by atoms with van der Waals surface area (Å²) in [6, 6.07) is 16.4. The van der Waals surface area contributed by atoms with Gasteiger partial charge in [0.2, 0.25) is 5.95 Å². The van der Waals surface area contributed by atoms with Crippen molar-refractivity contribution >= 4 is 12.0 Å². The molecule has 2 amide bonds. The van der Waals surface area contributed by atoms with Crippen LogP contribution in [0.15, 0.2) is 48.5 Å². The van der Waals surface area contributed by atoms with Crippen molar-refractivity contribution in [2.24, 2.45) is 0 Å². The van der Waals surface area contributed by atoms with Crippen molar-refractivity contribution in [1.29, 1.82) is 0 Å². The number of urea groups is 1. The Labute approximate surface area is 176 Å². The molecule has 0 unspecified atom stereocenters. The third-order valence-corrected chi connectivity index (χ3v) is 5.43. The van der Waals surface area contributed by atoms with E-state index in [4.69, 9.17) is 0 Å². The second-order valence-corrected chi connectivity index (χ2v) is 7.53. The van der Waals surface area contributed by atoms with Crippen LogP contribution in [0.25, 0.3) is 5.69 Å². The smallest absolute Gasteiger partial charge is 0.317 e. The van der Waals surface area contributed by atoms with Crippen LogP contribution in [0.5, 0.6) is 0 Å². The van der Waals surface area contributed by atoms with Gasteiger partial charge in [-0.3, -0.25) is 0 Å². The summed E-state index contributed by atoms with van der Waals surface area (Å²) in [5.74, 6) is 0.711. The zero-order chi connectivity index (χ0) is 20.9. The van der Waals surface area contributed by atoms with E-state index in [1.807, 2.05) is 29.2 Å². The van der Waals surface area contributed by atoms with Crippen LogP contribution >= 0.6 is 0 Å². The topological polar surface area (TPSA) is 79.2 Å². The highest BCUT2D eigenvalue weighted by atomic mass is 16.2. The molecule has 8 heteroatoms. The largest absolute Gasteiger partial charge is 0.336 e. The first-order valence-corrected chi connectivity index (χ1v) is 10.3. The van der Waals surface area contributed by atoms with Gasteiger partial charge in [-0.15, -0.1) is 0 Å². The summed E-state index contributed by atoms with van der Waals surface area (Å²) in [5.41, 5.74) is 4.50. The van der Waals surface area contributed by atoms with E-state index in [-0.39, 0.29) is 6.03 Å². The summed E-state index contributed by atoms with van der Waals surface area (Å²) in [5, 5.41) is 15.3. The first kappa shape index (κ1) is 19.9. The quantitative estimate of drug-likeness (QED) is 0.706. The van der Waals surface area contributed by atoms with Crippen LogP contribution in [0.2, 0.25) is 0 Å². The molecule has 1 aliphatic rings. The van der Waals surface area contributed by atoms with E-state index in [0.717, 1.165) is 17.7 Å². The summed E-state index contributed by atoms with van der Waals surface area (Å²) in [6.07, 6.45) is 0.960. The van der Waals surface area contributed by atoms with Crippen molar-refractivity contribution in [1.82, 2.24) is 30.4 Å². The van der Waals surface area contributed by atoms with Crippen molar-refractivity contribution in [3.05, 3.63) is 65.2 Å². The van der Waals surface area contributed by atoms with E-state index in [0.29, 0.717) is 38.7 Å². The second kappa shape index (κ2) is 8.94. The van der Waals surface area contributed by atoms with Gasteiger partial charge in [0.25, 0.3) is 0 Å². The number of hydrogen-bond acceptors (Lipinski definition) is 5. The fourth-order valence-corrected chi connectivity index (χ4v) is 3.56. The standard InChI is InChI=1S/C22H27N7O/c1-3-18-5-4-6-20(15-18)29-21(24-25-26-29)27-11-13-28(14-12-27)22(30)23-16-19-9-7-17(2)8-10-19/h4-10,15H,3,11-14,16H2,1-2H3,(H,23,30). The van der Waals surface area contributed by atoms with E-state index in [9.17, 15) is 4.79 Å². The van der Waals surface area contributed by atoms with E-state index < -0.39 is 0 Å². The Morgan fingerprint density at radius 3 is 2.53 bits per heavy atom. The molecule has 0 spiro atoms. The van der Waals surface area contributed by atoms with E-state index in [1.54, 1.807) is 4.68 Å². The molecule has 0 radical (unpaired) electrons. The number of tetrazole rings is 1. The number of carbonyl (C=O) groups is 1. The molecule has 1 fully saturated rings. The fraction of sp³-hybridized carbons (Fsp3) is 0.364. The van der Waals surface area contributed by atoms with Crippen molar-refractivity contribution in [3.8, 4) is 5.69 Å². The lowest BCUT2D eigenvalue weighted by atomic mass is 10.1. The molecule has 0 bridgehead atoms. The van der Waals surface area contributed by atoms with E-state index in [1.165, 1.54) is 11.1 Å². The molecule has 156 valence electrons. The molecular formula is C22H27N7O. The maximum Gasteiger partial charge on any atom is 0.317 e. The van der Waals surface area contributed by atoms with Crippen molar-refractivity contribution in [2.75, 3.05) is 31.1 Å². The number of rotatable bonds is 5. The number of aryl methyl sites for hydroxylation is 2. The number of hydrogen-bond donors (Lipinski definition) is 1. The Hall–Kier alpha value is -3.42. The van der Waals surface area contributed by atoms with Crippen LogP contribution in [0.1, 0.15) is 23.6 Å². The highest BCUT2D eigenvalue weighted by molar-refractivity contribution is 5.74. The number of aromatic nitrogens is 4. The van der Waals surface area contributed by atoms with Crippen LogP contribution in [0, 0.1) is 6.92 Å². The Kier molecular flexibility index (Phi) is 5.92. The number of nitrogens with zero attached hydrogens (tertiary/aromatic N) is 6. The Morgan fingerprint density at radius 2 is 1.80 bits per heavy atom. The normalized spacial score (nSPS) is 14.1. The van der Waals surface area contributed by atoms with Crippen molar-refractivity contribution in [3.63, 3.8) is 0 Å². The summed E-state index contributed by atoms with van der Waals surface area (Å²) in [6.45, 7) is 7.34. The van der Waals surface area contributed by atoms with Gasteiger partial charge < -0.3 is 15.1 Å². The summed E-state index contributed by atoms with van der Waals surface area (Å²) in [4.78, 5) is 16.5. The number of anilines is 1. The predicted molar refractivity (Wildman–Crippen MR) is 116 cm³/mol. The van der Waals surface area contributed by atoms with Gasteiger partial charge in [-0.05, 0) is 47.0 Å². The second-order valence-electron chi connectivity index (χ2n) is 7.53. The highest BCUT2D eigenvalue weighted by Crippen LogP contribution is 2.18. The van der Waals surface area contributed by atoms with E-state index >= 15 is 0 Å². The molecule has 1 aliphatic heterocycles. The Morgan fingerprint density at radius 1 is 1.03 bits per heavy atom. The molecular weight excluding hydrogens is 378 g/mol. The van der Waals surface area contributed by atoms with Gasteiger partial charge in [-0.25, -0.2) is 4.79 Å². The number of piperazine rings is 1. The van der Waals surface area contributed by atoms with Crippen LogP contribution in [-0.2, 0) is 13.0 Å². The lowest BCUT2D eigenvalue weighted by molar-refractivity contribution is 0.193. The first-order valence-electron chi connectivity index (χ1n) is 10.3. The molecule has 30 heavy (non-hydrogen) atoms. The fourth-order valence-electron chi connectivity index (χ4n) is 3.56. The summed E-state index contributed by atoms with van der Waals surface area (Å²) in [7, 11) is 0. The number of nitrogens with one attached hydrogen (secondary N) is 1. The third-order valence-electron chi connectivity index (χ3n) is 5.43. The molecule has 1 aromatic heterocycles. The Balaban J connectivity index is 1.35. The van der Waals surface area contributed by atoms with Crippen LogP contribution in [0.3, 0.4) is 0 Å². The van der Waals surface area contributed by atoms with Gasteiger partial charge >= 0.3 is 6.03 Å². The minimum atomic E-state index is -0.0366. The maximum absolute atomic E-state index is 12.5. The predicted octanol–water partition coefficient (Wildman–Crippen LogP) is 2.56. The molecule has 8 nitrogen and oxygen atoms in total. The molecule has 0 aliphatic carbocycles.